The van der Waals surface area contributed by atoms with Crippen molar-refractivity contribution in [3.8, 4) is 0 Å². The average molecular weight is 265 g/mol. The molecule has 0 saturated carbocycles. The summed E-state index contributed by atoms with van der Waals surface area (Å²) >= 11 is 0. The van der Waals surface area contributed by atoms with Crippen LogP contribution in [0.1, 0.15) is 12.8 Å². The molecule has 0 aliphatic carbocycles. The molecule has 0 radical (unpaired) electrons. The minimum atomic E-state index is -0.356. The summed E-state index contributed by atoms with van der Waals surface area (Å²) in [6.07, 6.45) is 2.16. The molecule has 2 N–H and O–H groups in total. The highest BCUT2D eigenvalue weighted by atomic mass is 16.6. The molecule has 1 aromatic carbocycles. The average Bonchev–Trinajstić information content (AvgIpc) is 2.45. The van der Waals surface area contributed by atoms with E-state index in [1.165, 1.54) is 0 Å². The van der Waals surface area contributed by atoms with Crippen LogP contribution in [0.3, 0.4) is 0 Å². The Balaban J connectivity index is 2.08. The molecular weight excluding hydrogens is 246 g/mol. The highest BCUT2D eigenvalue weighted by Gasteiger charge is 2.20. The number of hydrogen-bond donors (Lipinski definition) is 2. The lowest BCUT2D eigenvalue weighted by atomic mass is 10.0. The summed E-state index contributed by atoms with van der Waals surface area (Å²) < 4.78 is 5.41. The third-order valence-corrected chi connectivity index (χ3v) is 3.32. The van der Waals surface area contributed by atoms with Gasteiger partial charge >= 0.3 is 5.69 Å². The van der Waals surface area contributed by atoms with E-state index >= 15 is 0 Å². The van der Waals surface area contributed by atoms with Gasteiger partial charge in [0.05, 0.1) is 11.5 Å². The summed E-state index contributed by atoms with van der Waals surface area (Å²) in [5.41, 5.74) is 1.18. The number of benzene rings is 1. The first-order valence-corrected chi connectivity index (χ1v) is 6.49. The molecule has 6 heteroatoms. The third-order valence-electron chi connectivity index (χ3n) is 3.32. The number of nitro groups is 1. The van der Waals surface area contributed by atoms with Crippen molar-refractivity contribution in [3.05, 3.63) is 28.3 Å². The predicted octanol–water partition coefficient (Wildman–Crippen LogP) is 2.48. The molecule has 104 valence electrons. The van der Waals surface area contributed by atoms with Crippen LogP contribution in [-0.4, -0.2) is 31.7 Å². The van der Waals surface area contributed by atoms with Gasteiger partial charge in [0.15, 0.2) is 0 Å². The number of hydrogen-bond acceptors (Lipinski definition) is 5. The Morgan fingerprint density at radius 2 is 2.26 bits per heavy atom. The first kappa shape index (κ1) is 13.6. The van der Waals surface area contributed by atoms with E-state index in [2.05, 4.69) is 10.6 Å². The first-order chi connectivity index (χ1) is 9.22. The van der Waals surface area contributed by atoms with Crippen LogP contribution in [0.2, 0.25) is 0 Å². The number of rotatable bonds is 5. The van der Waals surface area contributed by atoms with Crippen molar-refractivity contribution >= 4 is 17.1 Å². The molecule has 1 saturated heterocycles. The van der Waals surface area contributed by atoms with Gasteiger partial charge in [0.25, 0.3) is 0 Å². The van der Waals surface area contributed by atoms with Crippen LogP contribution in [-0.2, 0) is 4.74 Å². The topological polar surface area (TPSA) is 76.4 Å². The van der Waals surface area contributed by atoms with Gasteiger partial charge in [-0.1, -0.05) is 6.07 Å². The summed E-state index contributed by atoms with van der Waals surface area (Å²) in [6, 6.07) is 5.24. The van der Waals surface area contributed by atoms with Gasteiger partial charge in [-0.15, -0.1) is 0 Å². The highest BCUT2D eigenvalue weighted by molar-refractivity contribution is 5.75. The van der Waals surface area contributed by atoms with E-state index in [1.54, 1.807) is 25.2 Å². The Morgan fingerprint density at radius 3 is 2.89 bits per heavy atom. The lowest BCUT2D eigenvalue weighted by Crippen LogP contribution is -2.24. The lowest BCUT2D eigenvalue weighted by Gasteiger charge is -2.22. The van der Waals surface area contributed by atoms with Crippen molar-refractivity contribution in [2.45, 2.75) is 12.8 Å². The second-order valence-corrected chi connectivity index (χ2v) is 4.67. The largest absolute Gasteiger partial charge is 0.382 e. The molecule has 1 aliphatic heterocycles. The summed E-state index contributed by atoms with van der Waals surface area (Å²) in [5.74, 6) is 0.423. The fraction of sp³-hybridized carbons (Fsp3) is 0.538. The summed E-state index contributed by atoms with van der Waals surface area (Å²) in [5, 5.41) is 17.2. The van der Waals surface area contributed by atoms with Crippen LogP contribution in [0, 0.1) is 16.0 Å². The molecule has 0 aromatic heterocycles. The molecule has 1 fully saturated rings. The zero-order valence-electron chi connectivity index (χ0n) is 11.0. The molecule has 1 aliphatic rings. The molecule has 1 unspecified atom stereocenters. The molecule has 0 bridgehead atoms. The van der Waals surface area contributed by atoms with Crippen molar-refractivity contribution in [2.75, 3.05) is 37.4 Å². The first-order valence-electron chi connectivity index (χ1n) is 6.49. The monoisotopic (exact) mass is 265 g/mol. The van der Waals surface area contributed by atoms with Gasteiger partial charge in [-0.25, -0.2) is 0 Å². The van der Waals surface area contributed by atoms with Gasteiger partial charge < -0.3 is 15.4 Å². The fourth-order valence-corrected chi connectivity index (χ4v) is 2.31. The lowest BCUT2D eigenvalue weighted by molar-refractivity contribution is -0.383. The summed E-state index contributed by atoms with van der Waals surface area (Å²) in [6.45, 7) is 2.26. The van der Waals surface area contributed by atoms with Gasteiger partial charge in [0.1, 0.15) is 11.4 Å². The number of para-hydroxylation sites is 1. The van der Waals surface area contributed by atoms with E-state index in [0.717, 1.165) is 26.1 Å². The zero-order chi connectivity index (χ0) is 13.7. The zero-order valence-corrected chi connectivity index (χ0v) is 11.0. The molecular formula is C13H19N3O3. The Morgan fingerprint density at radius 1 is 1.47 bits per heavy atom. The summed E-state index contributed by atoms with van der Waals surface area (Å²) in [4.78, 5) is 10.8. The summed E-state index contributed by atoms with van der Waals surface area (Å²) in [7, 11) is 1.68. The standard InChI is InChI=1S/C13H19N3O3/c1-14-11-5-2-6-12(13(11)16(17)18)15-8-10-4-3-7-19-9-10/h2,5-6,10,14-15H,3-4,7-9H2,1H3. The van der Waals surface area contributed by atoms with Gasteiger partial charge in [-0.2, -0.15) is 0 Å². The molecule has 0 spiro atoms. The van der Waals surface area contributed by atoms with E-state index in [-0.39, 0.29) is 10.6 Å². The maximum atomic E-state index is 11.2. The van der Waals surface area contributed by atoms with Crippen LogP contribution >= 0.6 is 0 Å². The second-order valence-electron chi connectivity index (χ2n) is 4.67. The van der Waals surface area contributed by atoms with E-state index in [4.69, 9.17) is 4.74 Å². The molecule has 2 rings (SSSR count). The van der Waals surface area contributed by atoms with Crippen LogP contribution in [0.5, 0.6) is 0 Å². The van der Waals surface area contributed by atoms with Crippen LogP contribution in [0.15, 0.2) is 18.2 Å². The number of nitrogens with zero attached hydrogens (tertiary/aromatic N) is 1. The van der Waals surface area contributed by atoms with Crippen molar-refractivity contribution < 1.29 is 9.66 Å². The SMILES string of the molecule is CNc1cccc(NCC2CCCOC2)c1[N+](=O)[O-]. The molecule has 19 heavy (non-hydrogen) atoms. The Kier molecular flexibility index (Phi) is 4.57. The third kappa shape index (κ3) is 3.35. The van der Waals surface area contributed by atoms with E-state index in [0.29, 0.717) is 23.8 Å². The van der Waals surface area contributed by atoms with Gasteiger partial charge in [0.2, 0.25) is 0 Å². The number of ether oxygens (including phenoxy) is 1. The van der Waals surface area contributed by atoms with Crippen molar-refractivity contribution in [1.82, 2.24) is 0 Å². The highest BCUT2D eigenvalue weighted by Crippen LogP contribution is 2.32. The van der Waals surface area contributed by atoms with E-state index in [9.17, 15) is 10.1 Å². The molecule has 1 heterocycles. The van der Waals surface area contributed by atoms with Gasteiger partial charge in [-0.3, -0.25) is 10.1 Å². The fourth-order valence-electron chi connectivity index (χ4n) is 2.31. The normalized spacial score (nSPS) is 18.9. The van der Waals surface area contributed by atoms with Crippen molar-refractivity contribution in [3.63, 3.8) is 0 Å². The van der Waals surface area contributed by atoms with Gasteiger partial charge in [0, 0.05) is 20.2 Å². The smallest absolute Gasteiger partial charge is 0.315 e. The maximum absolute atomic E-state index is 11.2. The Hall–Kier alpha value is -1.82. The maximum Gasteiger partial charge on any atom is 0.315 e. The molecule has 0 amide bonds. The van der Waals surface area contributed by atoms with Crippen molar-refractivity contribution in [2.24, 2.45) is 5.92 Å². The van der Waals surface area contributed by atoms with Crippen LogP contribution in [0.25, 0.3) is 0 Å². The minimum absolute atomic E-state index is 0.0988. The molecule has 6 nitrogen and oxygen atoms in total. The number of anilines is 2. The van der Waals surface area contributed by atoms with E-state index < -0.39 is 0 Å². The second kappa shape index (κ2) is 6.38. The predicted molar refractivity (Wildman–Crippen MR) is 74.7 cm³/mol. The number of nitrogens with one attached hydrogen (secondary N) is 2. The van der Waals surface area contributed by atoms with Gasteiger partial charge in [-0.05, 0) is 30.9 Å². The molecule has 1 atom stereocenters. The van der Waals surface area contributed by atoms with Crippen LogP contribution < -0.4 is 10.6 Å². The van der Waals surface area contributed by atoms with Crippen molar-refractivity contribution in [1.29, 1.82) is 0 Å². The minimum Gasteiger partial charge on any atom is -0.382 e. The van der Waals surface area contributed by atoms with E-state index in [1.807, 2.05) is 0 Å². The Bertz CT molecular complexity index is 445. The molecule has 1 aromatic rings. The number of nitro benzene ring substituents is 1. The Labute approximate surface area is 112 Å². The quantitative estimate of drug-likeness (QED) is 0.631. The van der Waals surface area contributed by atoms with Crippen LogP contribution in [0.4, 0.5) is 17.1 Å².